The van der Waals surface area contributed by atoms with Crippen molar-refractivity contribution in [1.29, 1.82) is 0 Å². The number of thiazole rings is 2. The molecule has 6 heteroatoms. The highest BCUT2D eigenvalue weighted by Gasteiger charge is 2.18. The maximum Gasteiger partial charge on any atom is 0.358 e. The Morgan fingerprint density at radius 1 is 1.47 bits per heavy atom. The monoisotopic (exact) mass is 240 g/mol. The SMILES string of the molecule is CCOC(=O)c1ncsc1-c1nccs1. The highest BCUT2D eigenvalue weighted by atomic mass is 32.1. The summed E-state index contributed by atoms with van der Waals surface area (Å²) < 4.78 is 4.91. The molecule has 0 fully saturated rings. The zero-order valence-electron chi connectivity index (χ0n) is 7.97. The molecule has 0 saturated carbocycles. The fourth-order valence-electron chi connectivity index (χ4n) is 1.08. The molecule has 0 aliphatic heterocycles. The van der Waals surface area contributed by atoms with E-state index in [1.807, 2.05) is 5.38 Å². The fraction of sp³-hybridized carbons (Fsp3) is 0.222. The van der Waals surface area contributed by atoms with E-state index in [9.17, 15) is 4.79 Å². The van der Waals surface area contributed by atoms with Crippen LogP contribution in [0.15, 0.2) is 17.1 Å². The van der Waals surface area contributed by atoms with Crippen molar-refractivity contribution < 1.29 is 9.53 Å². The van der Waals surface area contributed by atoms with Crippen molar-refractivity contribution in [2.75, 3.05) is 6.61 Å². The van der Waals surface area contributed by atoms with Crippen molar-refractivity contribution in [2.24, 2.45) is 0 Å². The number of hydrogen-bond acceptors (Lipinski definition) is 6. The summed E-state index contributed by atoms with van der Waals surface area (Å²) in [7, 11) is 0. The molecule has 0 aliphatic rings. The summed E-state index contributed by atoms with van der Waals surface area (Å²) in [6.07, 6.45) is 1.70. The quantitative estimate of drug-likeness (QED) is 0.773. The van der Waals surface area contributed by atoms with E-state index in [1.54, 1.807) is 18.6 Å². The van der Waals surface area contributed by atoms with Gasteiger partial charge >= 0.3 is 5.97 Å². The first kappa shape index (κ1) is 10.3. The van der Waals surface area contributed by atoms with Crippen molar-refractivity contribution in [2.45, 2.75) is 6.92 Å². The molecule has 0 amide bonds. The van der Waals surface area contributed by atoms with Crippen molar-refractivity contribution in [3.63, 3.8) is 0 Å². The van der Waals surface area contributed by atoms with Crippen LogP contribution in [-0.4, -0.2) is 22.5 Å². The Labute approximate surface area is 94.6 Å². The lowest BCUT2D eigenvalue weighted by atomic mass is 10.4. The van der Waals surface area contributed by atoms with Gasteiger partial charge in [0.25, 0.3) is 0 Å². The maximum atomic E-state index is 11.5. The Kier molecular flexibility index (Phi) is 3.08. The van der Waals surface area contributed by atoms with Crippen LogP contribution in [0.25, 0.3) is 9.88 Å². The van der Waals surface area contributed by atoms with Crippen LogP contribution in [0.2, 0.25) is 0 Å². The molecule has 2 aromatic rings. The third-order valence-corrected chi connectivity index (χ3v) is 3.42. The molecule has 0 aromatic carbocycles. The molecule has 2 heterocycles. The second-order valence-corrected chi connectivity index (χ2v) is 4.34. The van der Waals surface area contributed by atoms with Crippen molar-refractivity contribution in [3.8, 4) is 9.88 Å². The lowest BCUT2D eigenvalue weighted by Gasteiger charge is -1.99. The van der Waals surface area contributed by atoms with Crippen LogP contribution >= 0.6 is 22.7 Å². The van der Waals surface area contributed by atoms with E-state index < -0.39 is 0 Å². The number of carbonyl (C=O) groups is 1. The molecule has 2 rings (SSSR count). The Morgan fingerprint density at radius 3 is 3.00 bits per heavy atom. The van der Waals surface area contributed by atoms with Gasteiger partial charge in [-0.2, -0.15) is 0 Å². The van der Waals surface area contributed by atoms with Gasteiger partial charge in [-0.25, -0.2) is 14.8 Å². The predicted molar refractivity (Wildman–Crippen MR) is 59.2 cm³/mol. The van der Waals surface area contributed by atoms with Gasteiger partial charge in [-0.3, -0.25) is 0 Å². The van der Waals surface area contributed by atoms with Crippen LogP contribution < -0.4 is 0 Å². The summed E-state index contributed by atoms with van der Waals surface area (Å²) in [6.45, 7) is 2.13. The summed E-state index contributed by atoms with van der Waals surface area (Å²) in [5.41, 5.74) is 1.99. The molecule has 0 unspecified atom stereocenters. The number of carbonyl (C=O) groups excluding carboxylic acids is 1. The minimum atomic E-state index is -0.385. The predicted octanol–water partition coefficient (Wildman–Crippen LogP) is 2.44. The lowest BCUT2D eigenvalue weighted by Crippen LogP contribution is -2.06. The van der Waals surface area contributed by atoms with Gasteiger partial charge in [0.05, 0.1) is 17.0 Å². The number of aromatic nitrogens is 2. The average molecular weight is 240 g/mol. The summed E-state index contributed by atoms with van der Waals surface area (Å²) in [5, 5.41) is 2.67. The number of esters is 1. The Hall–Kier alpha value is -1.27. The van der Waals surface area contributed by atoms with Gasteiger partial charge in [-0.15, -0.1) is 22.7 Å². The van der Waals surface area contributed by atoms with Gasteiger partial charge in [-0.05, 0) is 6.92 Å². The number of hydrogen-bond donors (Lipinski definition) is 0. The van der Waals surface area contributed by atoms with Gasteiger partial charge in [0, 0.05) is 11.6 Å². The molecule has 0 N–H and O–H groups in total. The van der Waals surface area contributed by atoms with Gasteiger partial charge < -0.3 is 4.74 Å². The Morgan fingerprint density at radius 2 is 2.33 bits per heavy atom. The molecule has 0 spiro atoms. The molecule has 0 aliphatic carbocycles. The minimum Gasteiger partial charge on any atom is -0.461 e. The zero-order valence-corrected chi connectivity index (χ0v) is 9.60. The number of nitrogens with zero attached hydrogens (tertiary/aromatic N) is 2. The molecule has 0 bridgehead atoms. The molecule has 0 saturated heterocycles. The van der Waals surface area contributed by atoms with Gasteiger partial charge in [0.15, 0.2) is 5.69 Å². The first-order valence-electron chi connectivity index (χ1n) is 4.33. The van der Waals surface area contributed by atoms with Gasteiger partial charge in [-0.1, -0.05) is 0 Å². The summed E-state index contributed by atoms with van der Waals surface area (Å²) >= 11 is 2.88. The first-order chi connectivity index (χ1) is 7.33. The van der Waals surface area contributed by atoms with E-state index in [-0.39, 0.29) is 5.97 Å². The Balaban J connectivity index is 2.34. The normalized spacial score (nSPS) is 10.2. The number of ether oxygens (including phenoxy) is 1. The van der Waals surface area contributed by atoms with Crippen LogP contribution in [0.1, 0.15) is 17.4 Å². The molecule has 78 valence electrons. The first-order valence-corrected chi connectivity index (χ1v) is 6.09. The highest BCUT2D eigenvalue weighted by Crippen LogP contribution is 2.29. The van der Waals surface area contributed by atoms with E-state index in [1.165, 1.54) is 22.7 Å². The zero-order chi connectivity index (χ0) is 10.7. The van der Waals surface area contributed by atoms with Crippen LogP contribution in [-0.2, 0) is 4.74 Å². The third kappa shape index (κ3) is 2.05. The summed E-state index contributed by atoms with van der Waals surface area (Å²) in [5.74, 6) is -0.385. The molecular formula is C9H8N2O2S2. The van der Waals surface area contributed by atoms with Gasteiger partial charge in [0.2, 0.25) is 0 Å². The summed E-state index contributed by atoms with van der Waals surface area (Å²) in [6, 6.07) is 0. The average Bonchev–Trinajstić information content (AvgIpc) is 2.88. The van der Waals surface area contributed by atoms with Crippen molar-refractivity contribution in [3.05, 3.63) is 22.8 Å². The van der Waals surface area contributed by atoms with Gasteiger partial charge in [0.1, 0.15) is 5.01 Å². The highest BCUT2D eigenvalue weighted by molar-refractivity contribution is 7.20. The van der Waals surface area contributed by atoms with Crippen LogP contribution in [0, 0.1) is 0 Å². The van der Waals surface area contributed by atoms with E-state index in [2.05, 4.69) is 9.97 Å². The fourth-order valence-corrected chi connectivity index (χ4v) is 2.61. The molecule has 0 atom stereocenters. The van der Waals surface area contributed by atoms with Crippen LogP contribution in [0.4, 0.5) is 0 Å². The molecule has 4 nitrogen and oxygen atoms in total. The maximum absolute atomic E-state index is 11.5. The smallest absolute Gasteiger partial charge is 0.358 e. The number of rotatable bonds is 3. The second-order valence-electron chi connectivity index (χ2n) is 2.59. The largest absolute Gasteiger partial charge is 0.461 e. The molecule has 2 aromatic heterocycles. The topological polar surface area (TPSA) is 52.1 Å². The van der Waals surface area contributed by atoms with E-state index in [0.717, 1.165) is 9.88 Å². The lowest BCUT2D eigenvalue weighted by molar-refractivity contribution is 0.0521. The summed E-state index contributed by atoms with van der Waals surface area (Å²) in [4.78, 5) is 20.4. The van der Waals surface area contributed by atoms with E-state index >= 15 is 0 Å². The third-order valence-electron chi connectivity index (χ3n) is 1.66. The second kappa shape index (κ2) is 4.50. The standard InChI is InChI=1S/C9H8N2O2S2/c1-2-13-9(12)6-7(15-5-11-6)8-10-3-4-14-8/h3-5H,2H2,1H3. The van der Waals surface area contributed by atoms with Crippen LogP contribution in [0.5, 0.6) is 0 Å². The van der Waals surface area contributed by atoms with Crippen LogP contribution in [0.3, 0.4) is 0 Å². The van der Waals surface area contributed by atoms with Crippen molar-refractivity contribution in [1.82, 2.24) is 9.97 Å². The Bertz CT molecular complexity index is 450. The molecule has 15 heavy (non-hydrogen) atoms. The van der Waals surface area contributed by atoms with E-state index in [0.29, 0.717) is 12.3 Å². The molecular weight excluding hydrogens is 232 g/mol. The van der Waals surface area contributed by atoms with E-state index in [4.69, 9.17) is 4.74 Å². The molecule has 0 radical (unpaired) electrons. The van der Waals surface area contributed by atoms with Crippen molar-refractivity contribution >= 4 is 28.6 Å². The minimum absolute atomic E-state index is 0.355.